The highest BCUT2D eigenvalue weighted by molar-refractivity contribution is 7.98. The van der Waals surface area contributed by atoms with Crippen LogP contribution in [-0.4, -0.2) is 9.55 Å². The van der Waals surface area contributed by atoms with Gasteiger partial charge in [-0.3, -0.25) is 9.36 Å². The summed E-state index contributed by atoms with van der Waals surface area (Å²) in [4.78, 5) is 19.7. The van der Waals surface area contributed by atoms with E-state index in [1.165, 1.54) is 35.2 Å². The number of allylic oxidation sites excluding steroid dienone is 1. The van der Waals surface area contributed by atoms with Crippen molar-refractivity contribution in [3.63, 3.8) is 0 Å². The predicted octanol–water partition coefficient (Wildman–Crippen LogP) is 5.80. The van der Waals surface area contributed by atoms with E-state index in [0.717, 1.165) is 20.8 Å². The van der Waals surface area contributed by atoms with Crippen LogP contribution in [0.5, 0.6) is 0 Å². The fraction of sp³-hybridized carbons (Fsp3) is 0.100. The van der Waals surface area contributed by atoms with Gasteiger partial charge in [0.15, 0.2) is 5.16 Å². The summed E-state index contributed by atoms with van der Waals surface area (Å²) in [5.74, 6) is 0.352. The van der Waals surface area contributed by atoms with Gasteiger partial charge in [-0.2, -0.15) is 0 Å². The maximum Gasteiger partial charge on any atom is 0.263 e. The molecule has 0 spiro atoms. The van der Waals surface area contributed by atoms with Crippen LogP contribution in [-0.2, 0) is 12.3 Å². The van der Waals surface area contributed by atoms with Crippen molar-refractivity contribution in [2.75, 3.05) is 0 Å². The molecule has 27 heavy (non-hydrogen) atoms. The Hall–Kier alpha value is -2.22. The molecule has 3 heterocycles. The molecule has 7 heteroatoms. The molecule has 0 saturated heterocycles. The van der Waals surface area contributed by atoms with Gasteiger partial charge in [0.1, 0.15) is 10.6 Å². The van der Waals surface area contributed by atoms with E-state index in [0.29, 0.717) is 22.8 Å². The highest BCUT2D eigenvalue weighted by Crippen LogP contribution is 2.34. The fourth-order valence-corrected chi connectivity index (χ4v) is 5.51. The average Bonchev–Trinajstić information content (AvgIpc) is 3.33. The highest BCUT2D eigenvalue weighted by Gasteiger charge is 2.17. The summed E-state index contributed by atoms with van der Waals surface area (Å²) in [6, 6.07) is 10.4. The number of hydrogen-bond acceptors (Lipinski definition) is 5. The molecule has 4 aromatic rings. The summed E-state index contributed by atoms with van der Waals surface area (Å²) in [6.45, 7) is 4.17. The molecular weight excluding hydrogens is 399 g/mol. The standard InChI is InChI=1S/C20H15FN2OS3/c1-2-9-23-19(24)17-15(16-4-3-10-25-16)12-26-18(17)22-20(23)27-11-13-5-7-14(21)8-6-13/h2-8,10,12H,1,9,11H2. The first-order chi connectivity index (χ1) is 13.2. The number of thioether (sulfide) groups is 1. The molecule has 0 saturated carbocycles. The van der Waals surface area contributed by atoms with Crippen molar-refractivity contribution in [2.24, 2.45) is 0 Å². The number of rotatable bonds is 6. The summed E-state index contributed by atoms with van der Waals surface area (Å²) >= 11 is 4.57. The van der Waals surface area contributed by atoms with Crippen molar-refractivity contribution >= 4 is 44.7 Å². The van der Waals surface area contributed by atoms with Crippen LogP contribution in [0.3, 0.4) is 0 Å². The van der Waals surface area contributed by atoms with Gasteiger partial charge in [-0.1, -0.05) is 36.0 Å². The zero-order chi connectivity index (χ0) is 18.8. The van der Waals surface area contributed by atoms with Crippen LogP contribution in [0.15, 0.2) is 69.8 Å². The van der Waals surface area contributed by atoms with Crippen LogP contribution in [0.1, 0.15) is 5.56 Å². The normalized spacial score (nSPS) is 11.1. The second kappa shape index (κ2) is 7.80. The molecule has 1 aromatic carbocycles. The number of hydrogen-bond donors (Lipinski definition) is 0. The Labute approximate surface area is 167 Å². The van der Waals surface area contributed by atoms with Crippen molar-refractivity contribution in [3.05, 3.63) is 81.5 Å². The molecule has 0 aliphatic heterocycles. The van der Waals surface area contributed by atoms with E-state index < -0.39 is 0 Å². The molecule has 3 nitrogen and oxygen atoms in total. The SMILES string of the molecule is C=CCn1c(SCc2ccc(F)cc2)nc2scc(-c3cccs3)c2c1=O. The molecule has 0 unspecified atom stereocenters. The van der Waals surface area contributed by atoms with Crippen molar-refractivity contribution in [1.82, 2.24) is 9.55 Å². The lowest BCUT2D eigenvalue weighted by Gasteiger charge is -2.10. The maximum atomic E-state index is 13.2. The molecule has 3 aromatic heterocycles. The summed E-state index contributed by atoms with van der Waals surface area (Å²) in [5.41, 5.74) is 1.87. The molecular formula is C20H15FN2OS3. The fourth-order valence-electron chi connectivity index (χ4n) is 2.75. The van der Waals surface area contributed by atoms with Crippen molar-refractivity contribution in [2.45, 2.75) is 17.5 Å². The van der Waals surface area contributed by atoms with Crippen LogP contribution in [0.4, 0.5) is 4.39 Å². The maximum absolute atomic E-state index is 13.2. The lowest BCUT2D eigenvalue weighted by atomic mass is 10.2. The third-order valence-electron chi connectivity index (χ3n) is 4.04. The van der Waals surface area contributed by atoms with Gasteiger partial charge in [0.2, 0.25) is 0 Å². The van der Waals surface area contributed by atoms with Gasteiger partial charge in [-0.05, 0) is 29.1 Å². The van der Waals surface area contributed by atoms with Gasteiger partial charge >= 0.3 is 0 Å². The van der Waals surface area contributed by atoms with E-state index in [4.69, 9.17) is 4.98 Å². The van der Waals surface area contributed by atoms with Gasteiger partial charge in [-0.25, -0.2) is 9.37 Å². The van der Waals surface area contributed by atoms with Crippen molar-refractivity contribution in [1.29, 1.82) is 0 Å². The molecule has 0 atom stereocenters. The van der Waals surface area contributed by atoms with Gasteiger partial charge in [0, 0.05) is 28.1 Å². The average molecular weight is 415 g/mol. The van der Waals surface area contributed by atoms with Crippen LogP contribution >= 0.6 is 34.4 Å². The molecule has 0 N–H and O–H groups in total. The molecule has 136 valence electrons. The van der Waals surface area contributed by atoms with E-state index >= 15 is 0 Å². The van der Waals surface area contributed by atoms with E-state index in [1.807, 2.05) is 22.9 Å². The monoisotopic (exact) mass is 414 g/mol. The second-order valence-electron chi connectivity index (χ2n) is 5.82. The lowest BCUT2D eigenvalue weighted by Crippen LogP contribution is -2.22. The minimum absolute atomic E-state index is 0.0499. The van der Waals surface area contributed by atoms with Crippen LogP contribution in [0.2, 0.25) is 0 Å². The zero-order valence-electron chi connectivity index (χ0n) is 14.2. The number of aromatic nitrogens is 2. The Balaban J connectivity index is 1.76. The molecule has 0 amide bonds. The van der Waals surface area contributed by atoms with E-state index in [9.17, 15) is 9.18 Å². The van der Waals surface area contributed by atoms with E-state index in [2.05, 4.69) is 6.58 Å². The van der Waals surface area contributed by atoms with Gasteiger partial charge in [0.05, 0.1) is 5.39 Å². The number of thiophene rings is 2. The number of fused-ring (bicyclic) bond motifs is 1. The summed E-state index contributed by atoms with van der Waals surface area (Å²) in [7, 11) is 0. The minimum atomic E-state index is -0.258. The Kier molecular flexibility index (Phi) is 5.24. The molecule has 0 fully saturated rings. The Morgan fingerprint density at radius 1 is 1.22 bits per heavy atom. The first-order valence-electron chi connectivity index (χ1n) is 8.21. The summed E-state index contributed by atoms with van der Waals surface area (Å²) in [5, 5.41) is 5.31. The third kappa shape index (κ3) is 3.63. The van der Waals surface area contributed by atoms with Crippen LogP contribution < -0.4 is 5.56 Å². The lowest BCUT2D eigenvalue weighted by molar-refractivity contribution is 0.627. The topological polar surface area (TPSA) is 34.9 Å². The largest absolute Gasteiger partial charge is 0.283 e. The molecule has 4 rings (SSSR count). The zero-order valence-corrected chi connectivity index (χ0v) is 16.7. The smallest absolute Gasteiger partial charge is 0.263 e. The quantitative estimate of drug-likeness (QED) is 0.227. The Morgan fingerprint density at radius 3 is 2.74 bits per heavy atom. The first-order valence-corrected chi connectivity index (χ1v) is 11.0. The van der Waals surface area contributed by atoms with Crippen molar-refractivity contribution < 1.29 is 4.39 Å². The predicted molar refractivity (Wildman–Crippen MR) is 113 cm³/mol. The highest BCUT2D eigenvalue weighted by atomic mass is 32.2. The van der Waals surface area contributed by atoms with Gasteiger partial charge in [-0.15, -0.1) is 29.3 Å². The third-order valence-corrected chi connectivity index (χ3v) is 6.86. The first kappa shape index (κ1) is 18.2. The Morgan fingerprint density at radius 2 is 2.04 bits per heavy atom. The molecule has 0 radical (unpaired) electrons. The van der Waals surface area contributed by atoms with E-state index in [-0.39, 0.29) is 11.4 Å². The molecule has 0 aliphatic carbocycles. The number of halogens is 1. The Bertz CT molecular complexity index is 1140. The van der Waals surface area contributed by atoms with Gasteiger partial charge in [0.25, 0.3) is 5.56 Å². The van der Waals surface area contributed by atoms with Crippen LogP contribution in [0, 0.1) is 5.82 Å². The molecule has 0 aliphatic rings. The van der Waals surface area contributed by atoms with Crippen molar-refractivity contribution in [3.8, 4) is 10.4 Å². The van der Waals surface area contributed by atoms with E-state index in [1.54, 1.807) is 34.1 Å². The van der Waals surface area contributed by atoms with Gasteiger partial charge < -0.3 is 0 Å². The summed E-state index contributed by atoms with van der Waals surface area (Å²) in [6.07, 6.45) is 1.70. The summed E-state index contributed by atoms with van der Waals surface area (Å²) < 4.78 is 14.7. The minimum Gasteiger partial charge on any atom is -0.283 e. The second-order valence-corrected chi connectivity index (χ2v) is 8.57. The van der Waals surface area contributed by atoms with Crippen LogP contribution in [0.25, 0.3) is 20.7 Å². The number of benzene rings is 1. The number of nitrogens with zero attached hydrogens (tertiary/aromatic N) is 2. The molecule has 0 bridgehead atoms.